The summed E-state index contributed by atoms with van der Waals surface area (Å²) in [5, 5.41) is 0. The van der Waals surface area contributed by atoms with Gasteiger partial charge < -0.3 is 4.74 Å². The maximum Gasteiger partial charge on any atom is 0.324 e. The Morgan fingerprint density at radius 2 is 1.65 bits per heavy atom. The van der Waals surface area contributed by atoms with E-state index in [4.69, 9.17) is 4.74 Å². The van der Waals surface area contributed by atoms with Crippen LogP contribution in [-0.2, 0) is 9.53 Å². The maximum atomic E-state index is 12.7. The number of carbonyl (C=O) groups excluding carboxylic acids is 1. The largest absolute Gasteiger partial charge is 0.459 e. The van der Waals surface area contributed by atoms with E-state index in [1.165, 1.54) is 25.7 Å². The van der Waals surface area contributed by atoms with Gasteiger partial charge in [0.15, 0.2) is 0 Å². The number of hydrogen-bond acceptors (Lipinski definition) is 3. The molecule has 116 valence electrons. The van der Waals surface area contributed by atoms with Gasteiger partial charge in [-0.05, 0) is 66.2 Å². The molecular formula is C17H31NO2. The van der Waals surface area contributed by atoms with Crippen molar-refractivity contribution in [3.63, 3.8) is 0 Å². The second-order valence-corrected chi connectivity index (χ2v) is 8.51. The van der Waals surface area contributed by atoms with Crippen LogP contribution in [-0.4, -0.2) is 34.6 Å². The molecule has 0 bridgehead atoms. The molecule has 2 rings (SSSR count). The highest BCUT2D eigenvalue weighted by molar-refractivity contribution is 5.77. The zero-order valence-corrected chi connectivity index (χ0v) is 14.0. The molecule has 2 aliphatic rings. The molecule has 0 aromatic heterocycles. The summed E-state index contributed by atoms with van der Waals surface area (Å²) >= 11 is 0. The average molecular weight is 281 g/mol. The highest BCUT2D eigenvalue weighted by atomic mass is 16.6. The molecule has 0 N–H and O–H groups in total. The number of likely N-dealkylation sites (tertiary alicyclic amines) is 1. The van der Waals surface area contributed by atoms with Crippen molar-refractivity contribution < 1.29 is 9.53 Å². The van der Waals surface area contributed by atoms with Crippen molar-refractivity contribution in [2.45, 2.75) is 84.4 Å². The van der Waals surface area contributed by atoms with Crippen LogP contribution >= 0.6 is 0 Å². The zero-order chi connectivity index (χ0) is 15.1. The lowest BCUT2D eigenvalue weighted by atomic mass is 9.78. The van der Waals surface area contributed by atoms with E-state index in [2.05, 4.69) is 25.7 Å². The summed E-state index contributed by atoms with van der Waals surface area (Å²) in [5.41, 5.74) is -0.369. The van der Waals surface area contributed by atoms with Crippen LogP contribution in [0.15, 0.2) is 0 Å². The minimum absolute atomic E-state index is 0.0122. The minimum atomic E-state index is -0.395. The van der Waals surface area contributed by atoms with E-state index in [1.54, 1.807) is 0 Å². The number of fused-ring (bicyclic) bond motifs is 1. The smallest absolute Gasteiger partial charge is 0.324 e. The normalized spacial score (nSPS) is 32.0. The molecule has 0 aromatic rings. The predicted molar refractivity (Wildman–Crippen MR) is 81.5 cm³/mol. The van der Waals surface area contributed by atoms with Gasteiger partial charge in [-0.25, -0.2) is 0 Å². The summed E-state index contributed by atoms with van der Waals surface area (Å²) in [5.74, 6) is 1.17. The Balaban J connectivity index is 2.22. The summed E-state index contributed by atoms with van der Waals surface area (Å²) in [7, 11) is 0. The van der Waals surface area contributed by atoms with E-state index in [0.29, 0.717) is 11.8 Å². The molecule has 3 heteroatoms. The molecule has 3 nitrogen and oxygen atoms in total. The van der Waals surface area contributed by atoms with E-state index in [9.17, 15) is 4.79 Å². The van der Waals surface area contributed by atoms with Crippen LogP contribution in [0.3, 0.4) is 0 Å². The van der Waals surface area contributed by atoms with Gasteiger partial charge in [0.25, 0.3) is 0 Å². The molecule has 0 spiro atoms. The molecule has 2 fully saturated rings. The van der Waals surface area contributed by atoms with Gasteiger partial charge >= 0.3 is 5.97 Å². The lowest BCUT2D eigenvalue weighted by Crippen LogP contribution is -2.51. The molecule has 20 heavy (non-hydrogen) atoms. The first-order valence-corrected chi connectivity index (χ1v) is 8.09. The lowest BCUT2D eigenvalue weighted by Gasteiger charge is -2.38. The van der Waals surface area contributed by atoms with E-state index >= 15 is 0 Å². The molecule has 1 aliphatic heterocycles. The van der Waals surface area contributed by atoms with E-state index < -0.39 is 5.60 Å². The Bertz CT molecular complexity index is 364. The second-order valence-electron chi connectivity index (χ2n) is 8.51. The number of hydrogen-bond donors (Lipinski definition) is 0. The van der Waals surface area contributed by atoms with Gasteiger partial charge in [-0.2, -0.15) is 0 Å². The fourth-order valence-electron chi connectivity index (χ4n) is 3.83. The van der Waals surface area contributed by atoms with Crippen LogP contribution in [0.2, 0.25) is 0 Å². The fraction of sp³-hybridized carbons (Fsp3) is 0.941. The van der Waals surface area contributed by atoms with Crippen molar-refractivity contribution >= 4 is 5.97 Å². The Hall–Kier alpha value is -0.570. The molecule has 0 amide bonds. The van der Waals surface area contributed by atoms with Crippen molar-refractivity contribution in [2.24, 2.45) is 11.8 Å². The standard InChI is InChI=1S/C17H31NO2/c1-16(2,3)18-11-12-9-7-8-10-13(12)14(18)15(19)20-17(4,5)6/h12-14H,7-11H2,1-6H3/t12-,13-,14+/m1/s1. The molecule has 1 heterocycles. The number of nitrogens with zero attached hydrogens (tertiary/aromatic N) is 1. The molecule has 0 radical (unpaired) electrons. The monoisotopic (exact) mass is 281 g/mol. The number of esters is 1. The van der Waals surface area contributed by atoms with Crippen LogP contribution in [0.4, 0.5) is 0 Å². The van der Waals surface area contributed by atoms with Crippen LogP contribution < -0.4 is 0 Å². The number of carbonyl (C=O) groups is 1. The first kappa shape index (κ1) is 15.8. The van der Waals surface area contributed by atoms with Crippen molar-refractivity contribution in [3.8, 4) is 0 Å². The van der Waals surface area contributed by atoms with Gasteiger partial charge in [-0.1, -0.05) is 12.8 Å². The highest BCUT2D eigenvalue weighted by Gasteiger charge is 2.50. The SMILES string of the molecule is CC(C)(C)OC(=O)[C@@H]1[C@@H]2CCCC[C@@H]2CN1C(C)(C)C. The fourth-order valence-corrected chi connectivity index (χ4v) is 3.83. The van der Waals surface area contributed by atoms with Crippen LogP contribution in [0.1, 0.15) is 67.2 Å². The average Bonchev–Trinajstić information content (AvgIpc) is 2.65. The molecule has 1 aliphatic carbocycles. The Morgan fingerprint density at radius 3 is 2.20 bits per heavy atom. The summed E-state index contributed by atoms with van der Waals surface area (Å²) in [4.78, 5) is 15.1. The molecular weight excluding hydrogens is 250 g/mol. The van der Waals surface area contributed by atoms with Crippen molar-refractivity contribution in [2.75, 3.05) is 6.54 Å². The van der Waals surface area contributed by atoms with E-state index in [0.717, 1.165) is 6.54 Å². The van der Waals surface area contributed by atoms with Crippen molar-refractivity contribution in [1.29, 1.82) is 0 Å². The lowest BCUT2D eigenvalue weighted by molar-refractivity contribution is -0.164. The molecule has 3 atom stereocenters. The van der Waals surface area contributed by atoms with Gasteiger partial charge in [0.2, 0.25) is 0 Å². The third-order valence-electron chi connectivity index (χ3n) is 4.65. The summed E-state index contributed by atoms with van der Waals surface area (Å²) < 4.78 is 5.72. The Kier molecular flexibility index (Phi) is 4.21. The van der Waals surface area contributed by atoms with E-state index in [1.807, 2.05) is 20.8 Å². The van der Waals surface area contributed by atoms with Crippen molar-refractivity contribution in [1.82, 2.24) is 4.90 Å². The molecule has 0 aromatic carbocycles. The predicted octanol–water partition coefficient (Wildman–Crippen LogP) is 3.62. The summed E-state index contributed by atoms with van der Waals surface area (Å²) in [6.07, 6.45) is 5.04. The quantitative estimate of drug-likeness (QED) is 0.688. The first-order chi connectivity index (χ1) is 9.09. The van der Waals surface area contributed by atoms with Gasteiger partial charge in [-0.15, -0.1) is 0 Å². The van der Waals surface area contributed by atoms with Crippen molar-refractivity contribution in [3.05, 3.63) is 0 Å². The maximum absolute atomic E-state index is 12.7. The van der Waals surface area contributed by atoms with Crippen LogP contribution in [0, 0.1) is 11.8 Å². The number of ether oxygens (including phenoxy) is 1. The first-order valence-electron chi connectivity index (χ1n) is 8.09. The van der Waals surface area contributed by atoms with Gasteiger partial charge in [-0.3, -0.25) is 9.69 Å². The zero-order valence-electron chi connectivity index (χ0n) is 14.0. The summed E-state index contributed by atoms with van der Waals surface area (Å²) in [6, 6.07) is -0.0421. The number of rotatable bonds is 1. The van der Waals surface area contributed by atoms with Gasteiger partial charge in [0.05, 0.1) is 0 Å². The highest BCUT2D eigenvalue weighted by Crippen LogP contribution is 2.43. The van der Waals surface area contributed by atoms with Crippen LogP contribution in [0.5, 0.6) is 0 Å². The van der Waals surface area contributed by atoms with E-state index in [-0.39, 0.29) is 17.6 Å². The Labute approximate surface area is 124 Å². The molecule has 1 saturated heterocycles. The minimum Gasteiger partial charge on any atom is -0.459 e. The molecule has 1 saturated carbocycles. The Morgan fingerprint density at radius 1 is 1.05 bits per heavy atom. The van der Waals surface area contributed by atoms with Gasteiger partial charge in [0.1, 0.15) is 11.6 Å². The molecule has 0 unspecified atom stereocenters. The topological polar surface area (TPSA) is 29.5 Å². The van der Waals surface area contributed by atoms with Crippen LogP contribution in [0.25, 0.3) is 0 Å². The summed E-state index contributed by atoms with van der Waals surface area (Å²) in [6.45, 7) is 13.6. The third kappa shape index (κ3) is 3.36. The second kappa shape index (κ2) is 5.32. The van der Waals surface area contributed by atoms with Gasteiger partial charge in [0, 0.05) is 12.1 Å². The third-order valence-corrected chi connectivity index (χ3v) is 4.65.